The minimum atomic E-state index is 0.264. The SMILES string of the molecule is CCNC(Cc1cncs1)c1cc(C)ccc1OC. The van der Waals surface area contributed by atoms with E-state index in [1.54, 1.807) is 18.4 Å². The van der Waals surface area contributed by atoms with Crippen molar-refractivity contribution in [3.8, 4) is 5.75 Å². The molecule has 1 aromatic carbocycles. The number of aromatic nitrogens is 1. The van der Waals surface area contributed by atoms with Gasteiger partial charge in [0.2, 0.25) is 0 Å². The fourth-order valence-corrected chi connectivity index (χ4v) is 2.85. The lowest BCUT2D eigenvalue weighted by molar-refractivity contribution is 0.399. The summed E-state index contributed by atoms with van der Waals surface area (Å²) in [6.45, 7) is 5.17. The van der Waals surface area contributed by atoms with E-state index in [4.69, 9.17) is 4.74 Å². The molecule has 1 atom stereocenters. The largest absolute Gasteiger partial charge is 0.496 e. The molecule has 2 aromatic rings. The Morgan fingerprint density at radius 2 is 2.26 bits per heavy atom. The average Bonchev–Trinajstić information content (AvgIpc) is 2.91. The third-order valence-corrected chi connectivity index (χ3v) is 3.90. The molecule has 0 spiro atoms. The number of methoxy groups -OCH3 is 1. The maximum atomic E-state index is 5.49. The van der Waals surface area contributed by atoms with Crippen LogP contribution in [0.3, 0.4) is 0 Å². The van der Waals surface area contributed by atoms with Crippen molar-refractivity contribution in [3.63, 3.8) is 0 Å². The number of thiazole rings is 1. The van der Waals surface area contributed by atoms with Crippen molar-refractivity contribution < 1.29 is 4.74 Å². The van der Waals surface area contributed by atoms with E-state index in [2.05, 4.69) is 36.3 Å². The van der Waals surface area contributed by atoms with Gasteiger partial charge in [-0.25, -0.2) is 0 Å². The Hall–Kier alpha value is -1.39. The smallest absolute Gasteiger partial charge is 0.123 e. The quantitative estimate of drug-likeness (QED) is 0.878. The maximum absolute atomic E-state index is 5.49. The third-order valence-electron chi connectivity index (χ3n) is 3.10. The van der Waals surface area contributed by atoms with Crippen LogP contribution >= 0.6 is 11.3 Å². The van der Waals surface area contributed by atoms with Crippen LogP contribution in [-0.2, 0) is 6.42 Å². The van der Waals surface area contributed by atoms with Crippen molar-refractivity contribution in [2.24, 2.45) is 0 Å². The summed E-state index contributed by atoms with van der Waals surface area (Å²) in [5.74, 6) is 0.945. The highest BCUT2D eigenvalue weighted by atomic mass is 32.1. The molecular weight excluding hydrogens is 256 g/mol. The summed E-state index contributed by atoms with van der Waals surface area (Å²) in [6.07, 6.45) is 2.88. The molecule has 0 aliphatic carbocycles. The standard InChI is InChI=1S/C15H20N2OS/c1-4-17-14(8-12-9-16-10-19-12)13-7-11(2)5-6-15(13)18-3/h5-7,9-10,14,17H,4,8H2,1-3H3. The van der Waals surface area contributed by atoms with E-state index in [9.17, 15) is 0 Å². The molecule has 0 saturated carbocycles. The van der Waals surface area contributed by atoms with Crippen LogP contribution in [0, 0.1) is 6.92 Å². The van der Waals surface area contributed by atoms with Crippen molar-refractivity contribution >= 4 is 11.3 Å². The topological polar surface area (TPSA) is 34.2 Å². The molecule has 3 nitrogen and oxygen atoms in total. The molecule has 1 unspecified atom stereocenters. The van der Waals surface area contributed by atoms with Crippen LogP contribution in [0.2, 0.25) is 0 Å². The van der Waals surface area contributed by atoms with E-state index in [1.165, 1.54) is 16.0 Å². The molecule has 1 aromatic heterocycles. The maximum Gasteiger partial charge on any atom is 0.123 e. The van der Waals surface area contributed by atoms with Gasteiger partial charge in [0, 0.05) is 29.1 Å². The van der Waals surface area contributed by atoms with Gasteiger partial charge < -0.3 is 10.1 Å². The number of hydrogen-bond acceptors (Lipinski definition) is 4. The molecular formula is C15H20N2OS. The molecule has 0 amide bonds. The Morgan fingerprint density at radius 3 is 2.89 bits per heavy atom. The van der Waals surface area contributed by atoms with Gasteiger partial charge in [-0.05, 0) is 19.5 Å². The Morgan fingerprint density at radius 1 is 1.42 bits per heavy atom. The lowest BCUT2D eigenvalue weighted by Gasteiger charge is -2.20. The Bertz CT molecular complexity index is 511. The van der Waals surface area contributed by atoms with Crippen molar-refractivity contribution in [1.29, 1.82) is 0 Å². The van der Waals surface area contributed by atoms with E-state index < -0.39 is 0 Å². The second-order valence-electron chi connectivity index (χ2n) is 4.53. The van der Waals surface area contributed by atoms with Gasteiger partial charge in [-0.3, -0.25) is 4.98 Å². The first-order chi connectivity index (χ1) is 9.24. The van der Waals surface area contributed by atoms with Gasteiger partial charge in [-0.2, -0.15) is 0 Å². The number of aryl methyl sites for hydroxylation is 1. The fourth-order valence-electron chi connectivity index (χ4n) is 2.21. The van der Waals surface area contributed by atoms with E-state index in [-0.39, 0.29) is 6.04 Å². The van der Waals surface area contributed by atoms with Crippen LogP contribution in [0.1, 0.15) is 29.0 Å². The molecule has 0 radical (unpaired) electrons. The molecule has 0 saturated heterocycles. The zero-order valence-corrected chi connectivity index (χ0v) is 12.5. The highest BCUT2D eigenvalue weighted by Gasteiger charge is 2.16. The molecule has 102 valence electrons. The van der Waals surface area contributed by atoms with Crippen molar-refractivity contribution in [3.05, 3.63) is 45.9 Å². The molecule has 0 aliphatic heterocycles. The number of likely N-dealkylation sites (N-methyl/N-ethyl adjacent to an activating group) is 1. The first kappa shape index (κ1) is 14.0. The lowest BCUT2D eigenvalue weighted by Crippen LogP contribution is -2.23. The Balaban J connectivity index is 2.29. The van der Waals surface area contributed by atoms with Gasteiger partial charge in [0.15, 0.2) is 0 Å². The number of ether oxygens (including phenoxy) is 1. The van der Waals surface area contributed by atoms with Crippen molar-refractivity contribution in [2.45, 2.75) is 26.3 Å². The summed E-state index contributed by atoms with van der Waals surface area (Å²) in [5.41, 5.74) is 4.35. The minimum absolute atomic E-state index is 0.264. The van der Waals surface area contributed by atoms with Crippen molar-refractivity contribution in [1.82, 2.24) is 10.3 Å². The van der Waals surface area contributed by atoms with Crippen LogP contribution < -0.4 is 10.1 Å². The van der Waals surface area contributed by atoms with Gasteiger partial charge >= 0.3 is 0 Å². The molecule has 0 aliphatic rings. The number of nitrogens with one attached hydrogen (secondary N) is 1. The number of benzene rings is 1. The van der Waals surface area contributed by atoms with Crippen LogP contribution in [0.15, 0.2) is 29.9 Å². The average molecular weight is 276 g/mol. The van der Waals surface area contributed by atoms with Crippen LogP contribution in [0.5, 0.6) is 5.75 Å². The minimum Gasteiger partial charge on any atom is -0.496 e. The second-order valence-corrected chi connectivity index (χ2v) is 5.50. The van der Waals surface area contributed by atoms with E-state index in [1.807, 2.05) is 17.8 Å². The summed E-state index contributed by atoms with van der Waals surface area (Å²) in [4.78, 5) is 5.44. The second kappa shape index (κ2) is 6.68. The van der Waals surface area contributed by atoms with Crippen molar-refractivity contribution in [2.75, 3.05) is 13.7 Å². The van der Waals surface area contributed by atoms with Gasteiger partial charge in [-0.1, -0.05) is 24.6 Å². The van der Waals surface area contributed by atoms with Gasteiger partial charge in [0.05, 0.1) is 12.6 Å². The predicted molar refractivity (Wildman–Crippen MR) is 80.0 cm³/mol. The predicted octanol–water partition coefficient (Wildman–Crippen LogP) is 3.35. The molecule has 0 bridgehead atoms. The first-order valence-corrected chi connectivity index (χ1v) is 7.37. The van der Waals surface area contributed by atoms with E-state index in [0.29, 0.717) is 0 Å². The lowest BCUT2D eigenvalue weighted by atomic mass is 10.00. The Kier molecular flexibility index (Phi) is 4.93. The summed E-state index contributed by atoms with van der Waals surface area (Å²) >= 11 is 1.70. The Labute approximate surface area is 118 Å². The normalized spacial score (nSPS) is 12.4. The molecule has 2 rings (SSSR count). The molecule has 4 heteroatoms. The summed E-state index contributed by atoms with van der Waals surface area (Å²) in [5, 5.41) is 3.54. The van der Waals surface area contributed by atoms with Gasteiger partial charge in [0.1, 0.15) is 5.75 Å². The fraction of sp³-hybridized carbons (Fsp3) is 0.400. The molecule has 19 heavy (non-hydrogen) atoms. The molecule has 1 heterocycles. The number of hydrogen-bond donors (Lipinski definition) is 1. The van der Waals surface area contributed by atoms with Crippen LogP contribution in [0.4, 0.5) is 0 Å². The number of rotatable bonds is 6. The molecule has 0 fully saturated rings. The van der Waals surface area contributed by atoms with Crippen LogP contribution in [-0.4, -0.2) is 18.6 Å². The highest BCUT2D eigenvalue weighted by Crippen LogP contribution is 2.29. The van der Waals surface area contributed by atoms with Gasteiger partial charge in [0.25, 0.3) is 0 Å². The first-order valence-electron chi connectivity index (χ1n) is 6.50. The summed E-state index contributed by atoms with van der Waals surface area (Å²) in [6, 6.07) is 6.59. The van der Waals surface area contributed by atoms with Crippen LogP contribution in [0.25, 0.3) is 0 Å². The summed E-state index contributed by atoms with van der Waals surface area (Å²) in [7, 11) is 1.73. The monoisotopic (exact) mass is 276 g/mol. The number of nitrogens with zero attached hydrogens (tertiary/aromatic N) is 1. The zero-order valence-electron chi connectivity index (χ0n) is 11.6. The van der Waals surface area contributed by atoms with E-state index in [0.717, 1.165) is 18.7 Å². The summed E-state index contributed by atoms with van der Waals surface area (Å²) < 4.78 is 5.49. The zero-order chi connectivity index (χ0) is 13.7. The third kappa shape index (κ3) is 3.55. The van der Waals surface area contributed by atoms with E-state index >= 15 is 0 Å². The van der Waals surface area contributed by atoms with Gasteiger partial charge in [-0.15, -0.1) is 11.3 Å². The highest BCUT2D eigenvalue weighted by molar-refractivity contribution is 7.09. The molecule has 1 N–H and O–H groups in total.